The van der Waals surface area contributed by atoms with Gasteiger partial charge in [-0.1, -0.05) is 15.9 Å². The van der Waals surface area contributed by atoms with Crippen LogP contribution >= 0.6 is 15.9 Å². The Morgan fingerprint density at radius 2 is 2.07 bits per heavy atom. The molecule has 1 aromatic rings. The highest BCUT2D eigenvalue weighted by Crippen LogP contribution is 2.34. The Labute approximate surface area is 89.5 Å². The number of phenolic OH excluding ortho intramolecular Hbond substituents is 1. The lowest BCUT2D eigenvalue weighted by Gasteiger charge is -2.18. The molecule has 0 spiro atoms. The van der Waals surface area contributed by atoms with Crippen molar-refractivity contribution in [2.45, 2.75) is 19.1 Å². The molecule has 0 bridgehead atoms. The number of hydrogen-bond acceptors (Lipinski definition) is 3. The van der Waals surface area contributed by atoms with Crippen LogP contribution in [0.3, 0.4) is 0 Å². The Morgan fingerprint density at radius 1 is 1.50 bits per heavy atom. The first kappa shape index (κ1) is 11.4. The Morgan fingerprint density at radius 3 is 2.57 bits per heavy atom. The van der Waals surface area contributed by atoms with Crippen LogP contribution in [0.1, 0.15) is 18.5 Å². The maximum atomic E-state index is 13.0. The standard InChI is InChI=1S/C9H11BrFNO2/c1-4(13)8(12)7-5(10)2-3-6(11)9(7)14/h2-4,8,13-14H,12H2,1H3. The summed E-state index contributed by atoms with van der Waals surface area (Å²) in [5.74, 6) is -1.27. The van der Waals surface area contributed by atoms with E-state index >= 15 is 0 Å². The lowest BCUT2D eigenvalue weighted by molar-refractivity contribution is 0.162. The van der Waals surface area contributed by atoms with Crippen molar-refractivity contribution >= 4 is 15.9 Å². The van der Waals surface area contributed by atoms with Gasteiger partial charge in [-0.05, 0) is 19.1 Å². The second-order valence-corrected chi connectivity index (χ2v) is 3.91. The summed E-state index contributed by atoms with van der Waals surface area (Å²) >= 11 is 3.13. The Kier molecular flexibility index (Phi) is 3.47. The maximum Gasteiger partial charge on any atom is 0.165 e. The summed E-state index contributed by atoms with van der Waals surface area (Å²) in [4.78, 5) is 0. The van der Waals surface area contributed by atoms with Crippen LogP contribution in [0.5, 0.6) is 5.75 Å². The predicted molar refractivity (Wildman–Crippen MR) is 54.4 cm³/mol. The molecule has 0 aromatic heterocycles. The van der Waals surface area contributed by atoms with E-state index in [0.29, 0.717) is 4.47 Å². The fourth-order valence-corrected chi connectivity index (χ4v) is 1.70. The molecule has 14 heavy (non-hydrogen) atoms. The second-order valence-electron chi connectivity index (χ2n) is 3.06. The van der Waals surface area contributed by atoms with E-state index in [-0.39, 0.29) is 5.56 Å². The van der Waals surface area contributed by atoms with Gasteiger partial charge in [-0.3, -0.25) is 0 Å². The van der Waals surface area contributed by atoms with Crippen molar-refractivity contribution in [1.29, 1.82) is 0 Å². The minimum atomic E-state index is -0.862. The number of halogens is 2. The molecule has 0 heterocycles. The highest BCUT2D eigenvalue weighted by Gasteiger charge is 2.21. The molecule has 1 aromatic carbocycles. The van der Waals surface area contributed by atoms with Crippen LogP contribution in [0.4, 0.5) is 4.39 Å². The number of aliphatic hydroxyl groups is 1. The Bertz CT molecular complexity index is 344. The van der Waals surface area contributed by atoms with Gasteiger partial charge >= 0.3 is 0 Å². The van der Waals surface area contributed by atoms with E-state index in [0.717, 1.165) is 6.07 Å². The summed E-state index contributed by atoms with van der Waals surface area (Å²) < 4.78 is 13.5. The fraction of sp³-hybridized carbons (Fsp3) is 0.333. The molecule has 4 N–H and O–H groups in total. The largest absolute Gasteiger partial charge is 0.505 e. The molecule has 3 nitrogen and oxygen atoms in total. The number of rotatable bonds is 2. The van der Waals surface area contributed by atoms with E-state index in [2.05, 4.69) is 15.9 Å². The third-order valence-electron chi connectivity index (χ3n) is 1.97. The number of phenols is 1. The van der Waals surface area contributed by atoms with Crippen LogP contribution in [0.15, 0.2) is 16.6 Å². The summed E-state index contributed by atoms with van der Waals surface area (Å²) in [5.41, 5.74) is 5.78. The van der Waals surface area contributed by atoms with Crippen molar-refractivity contribution in [3.63, 3.8) is 0 Å². The first-order valence-corrected chi connectivity index (χ1v) is 4.85. The van der Waals surface area contributed by atoms with Crippen molar-refractivity contribution in [1.82, 2.24) is 0 Å². The Balaban J connectivity index is 3.25. The topological polar surface area (TPSA) is 66.5 Å². The molecule has 0 aliphatic rings. The van der Waals surface area contributed by atoms with Gasteiger partial charge in [0, 0.05) is 10.0 Å². The maximum absolute atomic E-state index is 13.0. The van der Waals surface area contributed by atoms with E-state index in [1.165, 1.54) is 13.0 Å². The van der Waals surface area contributed by atoms with E-state index in [9.17, 15) is 14.6 Å². The third kappa shape index (κ3) is 2.05. The smallest absolute Gasteiger partial charge is 0.165 e. The average Bonchev–Trinajstić information content (AvgIpc) is 2.12. The fourth-order valence-electron chi connectivity index (χ4n) is 1.12. The minimum absolute atomic E-state index is 0.181. The first-order valence-electron chi connectivity index (χ1n) is 4.05. The summed E-state index contributed by atoms with van der Waals surface area (Å²) in [6.45, 7) is 1.47. The minimum Gasteiger partial charge on any atom is -0.505 e. The van der Waals surface area contributed by atoms with E-state index in [1.54, 1.807) is 0 Å². The zero-order chi connectivity index (χ0) is 10.9. The zero-order valence-corrected chi connectivity index (χ0v) is 9.12. The summed E-state index contributed by atoms with van der Waals surface area (Å²) in [6.07, 6.45) is -0.862. The number of aliphatic hydroxyl groups excluding tert-OH is 1. The van der Waals surface area contributed by atoms with Crippen molar-refractivity contribution < 1.29 is 14.6 Å². The monoisotopic (exact) mass is 263 g/mol. The van der Waals surface area contributed by atoms with Crippen molar-refractivity contribution in [2.24, 2.45) is 5.73 Å². The van der Waals surface area contributed by atoms with Crippen LogP contribution in [0, 0.1) is 5.82 Å². The summed E-state index contributed by atoms with van der Waals surface area (Å²) in [7, 11) is 0. The molecular weight excluding hydrogens is 253 g/mol. The number of benzene rings is 1. The SMILES string of the molecule is CC(O)C(N)c1c(Br)ccc(F)c1O. The Hall–Kier alpha value is -0.650. The van der Waals surface area contributed by atoms with Gasteiger partial charge in [0.05, 0.1) is 12.1 Å². The van der Waals surface area contributed by atoms with E-state index < -0.39 is 23.7 Å². The molecule has 0 aliphatic carbocycles. The number of aromatic hydroxyl groups is 1. The molecule has 0 aliphatic heterocycles. The first-order chi connectivity index (χ1) is 6.45. The van der Waals surface area contributed by atoms with Gasteiger partial charge < -0.3 is 15.9 Å². The molecule has 2 unspecified atom stereocenters. The van der Waals surface area contributed by atoms with Crippen LogP contribution in [-0.2, 0) is 0 Å². The van der Waals surface area contributed by atoms with Crippen LogP contribution in [0.2, 0.25) is 0 Å². The van der Waals surface area contributed by atoms with Crippen molar-refractivity contribution in [3.8, 4) is 5.75 Å². The lowest BCUT2D eigenvalue weighted by Crippen LogP contribution is -2.23. The molecule has 5 heteroatoms. The van der Waals surface area contributed by atoms with Gasteiger partial charge in [0.1, 0.15) is 0 Å². The zero-order valence-electron chi connectivity index (χ0n) is 7.54. The van der Waals surface area contributed by atoms with Gasteiger partial charge in [0.15, 0.2) is 11.6 Å². The second kappa shape index (κ2) is 4.25. The molecule has 2 atom stereocenters. The molecule has 78 valence electrons. The number of hydrogen-bond donors (Lipinski definition) is 3. The highest BCUT2D eigenvalue weighted by molar-refractivity contribution is 9.10. The molecule has 0 fully saturated rings. The van der Waals surface area contributed by atoms with Gasteiger partial charge in [-0.25, -0.2) is 4.39 Å². The normalized spacial score (nSPS) is 15.2. The molecule has 1 rings (SSSR count). The summed E-state index contributed by atoms with van der Waals surface area (Å²) in [5, 5.41) is 18.6. The molecular formula is C9H11BrFNO2. The number of nitrogens with two attached hydrogens (primary N) is 1. The lowest BCUT2D eigenvalue weighted by atomic mass is 10.0. The third-order valence-corrected chi connectivity index (χ3v) is 2.66. The molecule has 0 saturated heterocycles. The van der Waals surface area contributed by atoms with E-state index in [1.807, 2.05) is 0 Å². The quantitative estimate of drug-likeness (QED) is 0.761. The van der Waals surface area contributed by atoms with Gasteiger partial charge in [-0.2, -0.15) is 0 Å². The van der Waals surface area contributed by atoms with Gasteiger partial charge in [0.2, 0.25) is 0 Å². The predicted octanol–water partition coefficient (Wildman–Crippen LogP) is 1.67. The van der Waals surface area contributed by atoms with Crippen molar-refractivity contribution in [2.75, 3.05) is 0 Å². The average molecular weight is 264 g/mol. The van der Waals surface area contributed by atoms with Crippen LogP contribution < -0.4 is 5.73 Å². The molecule has 0 saturated carbocycles. The van der Waals surface area contributed by atoms with E-state index in [4.69, 9.17) is 5.73 Å². The molecule has 0 amide bonds. The van der Waals surface area contributed by atoms with Gasteiger partial charge in [-0.15, -0.1) is 0 Å². The molecule has 0 radical (unpaired) electrons. The van der Waals surface area contributed by atoms with Crippen LogP contribution in [0.25, 0.3) is 0 Å². The van der Waals surface area contributed by atoms with Crippen molar-refractivity contribution in [3.05, 3.63) is 28.0 Å². The van der Waals surface area contributed by atoms with Crippen LogP contribution in [-0.4, -0.2) is 16.3 Å². The van der Waals surface area contributed by atoms with Gasteiger partial charge in [0.25, 0.3) is 0 Å². The highest BCUT2D eigenvalue weighted by atomic mass is 79.9. The summed E-state index contributed by atoms with van der Waals surface area (Å²) in [6, 6.07) is 1.74.